The van der Waals surface area contributed by atoms with Gasteiger partial charge in [0.25, 0.3) is 0 Å². The number of likely N-dealkylation sites (N-methyl/N-ethyl adjacent to an activating group) is 1. The molecule has 0 aliphatic rings. The Kier molecular flexibility index (Phi) is 8.51. The van der Waals surface area contributed by atoms with Gasteiger partial charge in [-0.1, -0.05) is 13.0 Å². The van der Waals surface area contributed by atoms with Crippen LogP contribution in [0.2, 0.25) is 0 Å². The SMILES string of the molecule is C=CCCCNC(C)CNCC. The Morgan fingerprint density at radius 1 is 1.50 bits per heavy atom. The highest BCUT2D eigenvalue weighted by Gasteiger charge is 1.97. The zero-order valence-electron chi connectivity index (χ0n) is 8.40. The van der Waals surface area contributed by atoms with Gasteiger partial charge in [-0.05, 0) is 32.9 Å². The van der Waals surface area contributed by atoms with E-state index in [-0.39, 0.29) is 0 Å². The van der Waals surface area contributed by atoms with E-state index in [0.29, 0.717) is 6.04 Å². The van der Waals surface area contributed by atoms with Crippen LogP contribution in [0.1, 0.15) is 26.7 Å². The summed E-state index contributed by atoms with van der Waals surface area (Å²) in [6.45, 7) is 11.2. The minimum atomic E-state index is 0.578. The average molecular weight is 170 g/mol. The van der Waals surface area contributed by atoms with Gasteiger partial charge in [-0.3, -0.25) is 0 Å². The van der Waals surface area contributed by atoms with E-state index in [0.717, 1.165) is 26.1 Å². The molecular weight excluding hydrogens is 148 g/mol. The first-order valence-corrected chi connectivity index (χ1v) is 4.86. The second kappa shape index (κ2) is 8.75. The maximum Gasteiger partial charge on any atom is 0.0164 e. The Hall–Kier alpha value is -0.340. The van der Waals surface area contributed by atoms with Crippen molar-refractivity contribution in [1.29, 1.82) is 0 Å². The lowest BCUT2D eigenvalue weighted by Gasteiger charge is -2.13. The maximum absolute atomic E-state index is 3.69. The highest BCUT2D eigenvalue weighted by Crippen LogP contribution is 1.87. The maximum atomic E-state index is 3.69. The van der Waals surface area contributed by atoms with Crippen molar-refractivity contribution in [3.63, 3.8) is 0 Å². The molecule has 72 valence electrons. The van der Waals surface area contributed by atoms with Crippen LogP contribution in [0, 0.1) is 0 Å². The molecule has 0 radical (unpaired) electrons. The monoisotopic (exact) mass is 170 g/mol. The van der Waals surface area contributed by atoms with Gasteiger partial charge in [-0.2, -0.15) is 0 Å². The molecule has 0 aliphatic heterocycles. The standard InChI is InChI=1S/C10H22N2/c1-4-6-7-8-12-10(3)9-11-5-2/h4,10-12H,1,5-9H2,2-3H3. The zero-order chi connectivity index (χ0) is 9.23. The number of hydrogen-bond acceptors (Lipinski definition) is 2. The Bertz CT molecular complexity index is 102. The highest BCUT2D eigenvalue weighted by atomic mass is 15.0. The van der Waals surface area contributed by atoms with Crippen LogP contribution in [0.25, 0.3) is 0 Å². The summed E-state index contributed by atoms with van der Waals surface area (Å²) < 4.78 is 0. The Morgan fingerprint density at radius 2 is 2.25 bits per heavy atom. The summed E-state index contributed by atoms with van der Waals surface area (Å²) >= 11 is 0. The third kappa shape index (κ3) is 7.76. The first-order valence-electron chi connectivity index (χ1n) is 4.86. The number of unbranched alkanes of at least 4 members (excludes halogenated alkanes) is 1. The summed E-state index contributed by atoms with van der Waals surface area (Å²) in [6, 6.07) is 0.578. The largest absolute Gasteiger partial charge is 0.315 e. The highest BCUT2D eigenvalue weighted by molar-refractivity contribution is 4.68. The van der Waals surface area contributed by atoms with E-state index in [1.165, 1.54) is 6.42 Å². The third-order valence-corrected chi connectivity index (χ3v) is 1.78. The van der Waals surface area contributed by atoms with Crippen LogP contribution in [0.5, 0.6) is 0 Å². The van der Waals surface area contributed by atoms with E-state index >= 15 is 0 Å². The van der Waals surface area contributed by atoms with Gasteiger partial charge in [0, 0.05) is 12.6 Å². The van der Waals surface area contributed by atoms with Crippen LogP contribution in [0.3, 0.4) is 0 Å². The fourth-order valence-corrected chi connectivity index (χ4v) is 1.03. The number of nitrogens with one attached hydrogen (secondary N) is 2. The fourth-order valence-electron chi connectivity index (χ4n) is 1.03. The number of allylic oxidation sites excluding steroid dienone is 1. The van der Waals surface area contributed by atoms with E-state index < -0.39 is 0 Å². The molecule has 0 aromatic rings. The van der Waals surface area contributed by atoms with Gasteiger partial charge in [0.2, 0.25) is 0 Å². The molecule has 0 saturated carbocycles. The molecule has 0 bridgehead atoms. The lowest BCUT2D eigenvalue weighted by Crippen LogP contribution is -2.36. The summed E-state index contributed by atoms with van der Waals surface area (Å²) in [7, 11) is 0. The van der Waals surface area contributed by atoms with Crippen molar-refractivity contribution in [2.24, 2.45) is 0 Å². The lowest BCUT2D eigenvalue weighted by atomic mass is 10.2. The molecule has 0 amide bonds. The minimum absolute atomic E-state index is 0.578. The summed E-state index contributed by atoms with van der Waals surface area (Å²) in [4.78, 5) is 0. The van der Waals surface area contributed by atoms with E-state index in [9.17, 15) is 0 Å². The van der Waals surface area contributed by atoms with Crippen molar-refractivity contribution in [3.8, 4) is 0 Å². The molecule has 1 atom stereocenters. The van der Waals surface area contributed by atoms with Crippen molar-refractivity contribution in [2.45, 2.75) is 32.7 Å². The van der Waals surface area contributed by atoms with Crippen molar-refractivity contribution in [3.05, 3.63) is 12.7 Å². The summed E-state index contributed by atoms with van der Waals surface area (Å²) in [5.74, 6) is 0. The molecule has 0 heterocycles. The fraction of sp³-hybridized carbons (Fsp3) is 0.800. The van der Waals surface area contributed by atoms with Crippen LogP contribution in [0.15, 0.2) is 12.7 Å². The van der Waals surface area contributed by atoms with Crippen molar-refractivity contribution >= 4 is 0 Å². The second-order valence-corrected chi connectivity index (χ2v) is 3.09. The van der Waals surface area contributed by atoms with Crippen LogP contribution >= 0.6 is 0 Å². The second-order valence-electron chi connectivity index (χ2n) is 3.09. The molecule has 0 spiro atoms. The van der Waals surface area contributed by atoms with Gasteiger partial charge in [0.15, 0.2) is 0 Å². The first kappa shape index (κ1) is 11.7. The molecule has 12 heavy (non-hydrogen) atoms. The third-order valence-electron chi connectivity index (χ3n) is 1.78. The molecule has 0 rings (SSSR count). The summed E-state index contributed by atoms with van der Waals surface area (Å²) in [5.41, 5.74) is 0. The van der Waals surface area contributed by atoms with Crippen molar-refractivity contribution < 1.29 is 0 Å². The van der Waals surface area contributed by atoms with E-state index in [1.54, 1.807) is 0 Å². The van der Waals surface area contributed by atoms with Crippen LogP contribution < -0.4 is 10.6 Å². The van der Waals surface area contributed by atoms with E-state index in [1.807, 2.05) is 6.08 Å². The zero-order valence-corrected chi connectivity index (χ0v) is 8.40. The molecule has 1 unspecified atom stereocenters. The van der Waals surface area contributed by atoms with Gasteiger partial charge in [0.05, 0.1) is 0 Å². The molecule has 2 heteroatoms. The Morgan fingerprint density at radius 3 is 2.83 bits per heavy atom. The Balaban J connectivity index is 3.07. The van der Waals surface area contributed by atoms with Crippen molar-refractivity contribution in [1.82, 2.24) is 10.6 Å². The summed E-state index contributed by atoms with van der Waals surface area (Å²) in [6.07, 6.45) is 4.28. The Labute approximate surface area is 76.4 Å². The molecule has 0 saturated heterocycles. The van der Waals surface area contributed by atoms with E-state index in [2.05, 4.69) is 31.1 Å². The van der Waals surface area contributed by atoms with Crippen LogP contribution in [0.4, 0.5) is 0 Å². The molecule has 0 aromatic heterocycles. The predicted molar refractivity (Wildman–Crippen MR) is 55.4 cm³/mol. The topological polar surface area (TPSA) is 24.1 Å². The van der Waals surface area contributed by atoms with Gasteiger partial charge < -0.3 is 10.6 Å². The molecular formula is C10H22N2. The number of hydrogen-bond donors (Lipinski definition) is 2. The van der Waals surface area contributed by atoms with Crippen molar-refractivity contribution in [2.75, 3.05) is 19.6 Å². The van der Waals surface area contributed by atoms with Gasteiger partial charge >= 0.3 is 0 Å². The average Bonchev–Trinajstić information content (AvgIpc) is 2.09. The van der Waals surface area contributed by atoms with Gasteiger partial charge in [0.1, 0.15) is 0 Å². The molecule has 2 nitrogen and oxygen atoms in total. The molecule has 0 aromatic carbocycles. The molecule has 0 aliphatic carbocycles. The van der Waals surface area contributed by atoms with Gasteiger partial charge in [-0.25, -0.2) is 0 Å². The lowest BCUT2D eigenvalue weighted by molar-refractivity contribution is 0.504. The van der Waals surface area contributed by atoms with Gasteiger partial charge in [-0.15, -0.1) is 6.58 Å². The number of rotatable bonds is 8. The van der Waals surface area contributed by atoms with E-state index in [4.69, 9.17) is 0 Å². The molecule has 2 N–H and O–H groups in total. The normalized spacial score (nSPS) is 12.8. The molecule has 0 fully saturated rings. The smallest absolute Gasteiger partial charge is 0.0164 e. The summed E-state index contributed by atoms with van der Waals surface area (Å²) in [5, 5.41) is 6.75. The quantitative estimate of drug-likeness (QED) is 0.426. The first-order chi connectivity index (χ1) is 5.81. The van der Waals surface area contributed by atoms with Crippen LogP contribution in [-0.2, 0) is 0 Å². The minimum Gasteiger partial charge on any atom is -0.315 e. The predicted octanol–water partition coefficient (Wildman–Crippen LogP) is 1.54. The van der Waals surface area contributed by atoms with Crippen LogP contribution in [-0.4, -0.2) is 25.7 Å².